The number of nitrogens with one attached hydrogen (secondary N) is 2. The predicted molar refractivity (Wildman–Crippen MR) is 80.9 cm³/mol. The number of rotatable bonds is 5. The Morgan fingerprint density at radius 2 is 2.10 bits per heavy atom. The monoisotopic (exact) mass is 285 g/mol. The van der Waals surface area contributed by atoms with Gasteiger partial charge in [-0.15, -0.1) is 0 Å². The Bertz CT molecular complexity index is 753. The van der Waals surface area contributed by atoms with Gasteiger partial charge in [0.05, 0.1) is 6.20 Å². The maximum absolute atomic E-state index is 13.7. The van der Waals surface area contributed by atoms with Gasteiger partial charge in [0, 0.05) is 31.0 Å². The van der Waals surface area contributed by atoms with Crippen LogP contribution in [0.25, 0.3) is 5.65 Å². The fourth-order valence-electron chi connectivity index (χ4n) is 2.14. The van der Waals surface area contributed by atoms with E-state index < -0.39 is 0 Å². The number of hydrogen-bond acceptors (Lipinski definition) is 4. The van der Waals surface area contributed by atoms with Gasteiger partial charge in [-0.3, -0.25) is 0 Å². The molecule has 0 saturated carbocycles. The quantitative estimate of drug-likeness (QED) is 0.757. The standard InChI is InChI=1S/C15H16FN5/c1-2-17-13-10-21-8-7-18-15(21)14(20-13)19-9-11-5-3-4-6-12(11)16/h3-8,10,17H,2,9H2,1H3,(H,19,20). The van der Waals surface area contributed by atoms with Crippen LogP contribution in [0.2, 0.25) is 0 Å². The third kappa shape index (κ3) is 2.79. The van der Waals surface area contributed by atoms with Gasteiger partial charge < -0.3 is 15.0 Å². The minimum atomic E-state index is -0.229. The van der Waals surface area contributed by atoms with E-state index in [0.717, 1.165) is 12.4 Å². The highest BCUT2D eigenvalue weighted by molar-refractivity contribution is 5.65. The summed E-state index contributed by atoms with van der Waals surface area (Å²) in [6.45, 7) is 3.14. The second-order valence-corrected chi connectivity index (χ2v) is 4.61. The molecule has 2 heterocycles. The molecule has 0 aliphatic carbocycles. The summed E-state index contributed by atoms with van der Waals surface area (Å²) in [5.74, 6) is 1.15. The fraction of sp³-hybridized carbons (Fsp3) is 0.200. The normalized spacial score (nSPS) is 10.8. The molecule has 0 radical (unpaired) electrons. The summed E-state index contributed by atoms with van der Waals surface area (Å²) in [6.07, 6.45) is 5.44. The van der Waals surface area contributed by atoms with Gasteiger partial charge in [0.15, 0.2) is 11.5 Å². The van der Waals surface area contributed by atoms with Crippen LogP contribution >= 0.6 is 0 Å². The average Bonchev–Trinajstić information content (AvgIpc) is 2.95. The van der Waals surface area contributed by atoms with Crippen molar-refractivity contribution < 1.29 is 4.39 Å². The molecule has 0 atom stereocenters. The second-order valence-electron chi connectivity index (χ2n) is 4.61. The molecule has 0 unspecified atom stereocenters. The molecule has 0 aliphatic heterocycles. The van der Waals surface area contributed by atoms with E-state index >= 15 is 0 Å². The van der Waals surface area contributed by atoms with E-state index in [1.165, 1.54) is 6.07 Å². The summed E-state index contributed by atoms with van der Waals surface area (Å²) in [6, 6.07) is 6.69. The van der Waals surface area contributed by atoms with Crippen molar-refractivity contribution in [3.63, 3.8) is 0 Å². The van der Waals surface area contributed by atoms with Crippen LogP contribution in [0.5, 0.6) is 0 Å². The van der Waals surface area contributed by atoms with Crippen LogP contribution < -0.4 is 10.6 Å². The first-order valence-corrected chi connectivity index (χ1v) is 6.83. The van der Waals surface area contributed by atoms with Crippen molar-refractivity contribution in [1.82, 2.24) is 14.4 Å². The Morgan fingerprint density at radius 1 is 1.24 bits per heavy atom. The summed E-state index contributed by atoms with van der Waals surface area (Å²) in [4.78, 5) is 8.75. The molecule has 5 nitrogen and oxygen atoms in total. The van der Waals surface area contributed by atoms with Gasteiger partial charge in [-0.1, -0.05) is 18.2 Å². The molecule has 0 aliphatic rings. The van der Waals surface area contributed by atoms with E-state index in [-0.39, 0.29) is 5.82 Å². The first-order chi connectivity index (χ1) is 10.3. The van der Waals surface area contributed by atoms with Crippen molar-refractivity contribution in [2.45, 2.75) is 13.5 Å². The molecule has 0 bridgehead atoms. The molecule has 0 fully saturated rings. The zero-order valence-corrected chi connectivity index (χ0v) is 11.7. The first-order valence-electron chi connectivity index (χ1n) is 6.83. The van der Waals surface area contributed by atoms with Gasteiger partial charge in [0.2, 0.25) is 0 Å². The highest BCUT2D eigenvalue weighted by Gasteiger charge is 2.08. The van der Waals surface area contributed by atoms with Crippen molar-refractivity contribution in [3.05, 3.63) is 54.2 Å². The van der Waals surface area contributed by atoms with Gasteiger partial charge in [-0.05, 0) is 13.0 Å². The van der Waals surface area contributed by atoms with E-state index in [1.54, 1.807) is 18.3 Å². The highest BCUT2D eigenvalue weighted by atomic mass is 19.1. The van der Waals surface area contributed by atoms with Crippen LogP contribution in [0.15, 0.2) is 42.9 Å². The number of imidazole rings is 1. The minimum absolute atomic E-state index is 0.229. The second kappa shape index (κ2) is 5.78. The topological polar surface area (TPSA) is 54.2 Å². The van der Waals surface area contributed by atoms with E-state index in [1.807, 2.05) is 29.8 Å². The van der Waals surface area contributed by atoms with Crippen LogP contribution in [-0.4, -0.2) is 20.9 Å². The maximum Gasteiger partial charge on any atom is 0.180 e. The number of aromatic nitrogens is 3. The molecule has 0 amide bonds. The molecule has 1 aromatic carbocycles. The predicted octanol–water partition coefficient (Wildman–Crippen LogP) is 2.91. The van der Waals surface area contributed by atoms with Crippen LogP contribution in [0.4, 0.5) is 16.0 Å². The van der Waals surface area contributed by atoms with Gasteiger partial charge in [0.25, 0.3) is 0 Å². The molecule has 3 aromatic rings. The lowest BCUT2D eigenvalue weighted by atomic mass is 10.2. The largest absolute Gasteiger partial charge is 0.369 e. The van der Waals surface area contributed by atoms with Crippen LogP contribution in [0.3, 0.4) is 0 Å². The SMILES string of the molecule is CCNc1cn2ccnc2c(NCc2ccccc2F)n1. The molecule has 0 spiro atoms. The van der Waals surface area contributed by atoms with E-state index in [4.69, 9.17) is 0 Å². The third-order valence-corrected chi connectivity index (χ3v) is 3.14. The molecule has 6 heteroatoms. The fourth-order valence-corrected chi connectivity index (χ4v) is 2.14. The zero-order valence-electron chi connectivity index (χ0n) is 11.7. The van der Waals surface area contributed by atoms with Crippen molar-refractivity contribution in [2.75, 3.05) is 17.2 Å². The number of fused-ring (bicyclic) bond motifs is 1. The lowest BCUT2D eigenvalue weighted by Gasteiger charge is -2.10. The Kier molecular flexibility index (Phi) is 3.68. The van der Waals surface area contributed by atoms with Gasteiger partial charge in [-0.25, -0.2) is 14.4 Å². The third-order valence-electron chi connectivity index (χ3n) is 3.14. The molecule has 2 aromatic heterocycles. The average molecular weight is 285 g/mol. The molecular formula is C15H16FN5. The van der Waals surface area contributed by atoms with Crippen molar-refractivity contribution in [3.8, 4) is 0 Å². The van der Waals surface area contributed by atoms with E-state index in [2.05, 4.69) is 20.6 Å². The highest BCUT2D eigenvalue weighted by Crippen LogP contribution is 2.17. The minimum Gasteiger partial charge on any atom is -0.369 e. The number of anilines is 2. The molecule has 3 rings (SSSR count). The summed E-state index contributed by atoms with van der Waals surface area (Å²) in [7, 11) is 0. The van der Waals surface area contributed by atoms with Crippen molar-refractivity contribution in [1.29, 1.82) is 0 Å². The number of benzene rings is 1. The summed E-state index contributed by atoms with van der Waals surface area (Å²) < 4.78 is 15.5. The molecular weight excluding hydrogens is 269 g/mol. The molecule has 0 saturated heterocycles. The van der Waals surface area contributed by atoms with Crippen LogP contribution in [-0.2, 0) is 6.54 Å². The lowest BCUT2D eigenvalue weighted by molar-refractivity contribution is 0.613. The van der Waals surface area contributed by atoms with E-state index in [9.17, 15) is 4.39 Å². The Balaban J connectivity index is 1.89. The summed E-state index contributed by atoms with van der Waals surface area (Å²) in [5, 5.41) is 6.32. The maximum atomic E-state index is 13.7. The first kappa shape index (κ1) is 13.4. The summed E-state index contributed by atoms with van der Waals surface area (Å²) >= 11 is 0. The molecule has 2 N–H and O–H groups in total. The zero-order chi connectivity index (χ0) is 14.7. The van der Waals surface area contributed by atoms with Gasteiger partial charge in [0.1, 0.15) is 11.6 Å². The lowest BCUT2D eigenvalue weighted by Crippen LogP contribution is -2.08. The Morgan fingerprint density at radius 3 is 2.90 bits per heavy atom. The van der Waals surface area contributed by atoms with E-state index in [0.29, 0.717) is 23.6 Å². The number of halogens is 1. The Labute approximate surface area is 121 Å². The van der Waals surface area contributed by atoms with Crippen molar-refractivity contribution >= 4 is 17.3 Å². The smallest absolute Gasteiger partial charge is 0.180 e. The van der Waals surface area contributed by atoms with Crippen molar-refractivity contribution in [2.24, 2.45) is 0 Å². The Hall–Kier alpha value is -2.63. The molecule has 108 valence electrons. The number of nitrogens with zero attached hydrogens (tertiary/aromatic N) is 3. The summed E-state index contributed by atoms with van der Waals surface area (Å²) in [5.41, 5.74) is 1.31. The van der Waals surface area contributed by atoms with Gasteiger partial charge >= 0.3 is 0 Å². The number of hydrogen-bond donors (Lipinski definition) is 2. The van der Waals surface area contributed by atoms with Crippen LogP contribution in [0, 0.1) is 5.82 Å². The van der Waals surface area contributed by atoms with Gasteiger partial charge in [-0.2, -0.15) is 0 Å². The van der Waals surface area contributed by atoms with Crippen LogP contribution in [0.1, 0.15) is 12.5 Å². The molecule has 21 heavy (non-hydrogen) atoms.